The van der Waals surface area contributed by atoms with E-state index in [9.17, 15) is 4.79 Å². The standard InChI is InChI=1S/C15H19BrN2O3S/c1-2-7-21-13-4-3-11(16)10-12(13)14(19)17-15(22)18-5-8-20-9-6-18/h3-4,10H,2,5-9H2,1H3,(H,17,19,22). The van der Waals surface area contributed by atoms with Gasteiger partial charge in [0.2, 0.25) is 0 Å². The van der Waals surface area contributed by atoms with Crippen molar-refractivity contribution in [2.24, 2.45) is 0 Å². The van der Waals surface area contributed by atoms with Crippen molar-refractivity contribution in [1.82, 2.24) is 10.2 Å². The van der Waals surface area contributed by atoms with Gasteiger partial charge in [0.15, 0.2) is 5.11 Å². The van der Waals surface area contributed by atoms with Crippen LogP contribution >= 0.6 is 28.1 Å². The maximum atomic E-state index is 12.5. The van der Waals surface area contributed by atoms with Crippen LogP contribution in [0.15, 0.2) is 22.7 Å². The van der Waals surface area contributed by atoms with Crippen molar-refractivity contribution in [2.45, 2.75) is 13.3 Å². The molecule has 1 aliphatic rings. The van der Waals surface area contributed by atoms with Crippen LogP contribution in [0.25, 0.3) is 0 Å². The summed E-state index contributed by atoms with van der Waals surface area (Å²) in [7, 11) is 0. The molecule has 0 spiro atoms. The number of hydrogen-bond acceptors (Lipinski definition) is 4. The summed E-state index contributed by atoms with van der Waals surface area (Å²) in [6.07, 6.45) is 0.878. The lowest BCUT2D eigenvalue weighted by molar-refractivity contribution is 0.0669. The number of ether oxygens (including phenoxy) is 2. The Morgan fingerprint density at radius 2 is 2.18 bits per heavy atom. The Kier molecular flexibility index (Phi) is 6.60. The molecule has 0 atom stereocenters. The normalized spacial score (nSPS) is 14.5. The van der Waals surface area contributed by atoms with Crippen LogP contribution in [-0.2, 0) is 4.74 Å². The summed E-state index contributed by atoms with van der Waals surface area (Å²) in [5.74, 6) is 0.302. The number of halogens is 1. The fraction of sp³-hybridized carbons (Fsp3) is 0.467. The third-order valence-electron chi connectivity index (χ3n) is 3.17. The van der Waals surface area contributed by atoms with Crippen LogP contribution in [-0.4, -0.2) is 48.8 Å². The van der Waals surface area contributed by atoms with Gasteiger partial charge < -0.3 is 14.4 Å². The van der Waals surface area contributed by atoms with Gasteiger partial charge in [0.1, 0.15) is 5.75 Å². The number of nitrogens with zero attached hydrogens (tertiary/aromatic N) is 1. The van der Waals surface area contributed by atoms with Gasteiger partial charge in [-0.25, -0.2) is 0 Å². The largest absolute Gasteiger partial charge is 0.493 e. The zero-order chi connectivity index (χ0) is 15.9. The van der Waals surface area contributed by atoms with E-state index in [4.69, 9.17) is 21.7 Å². The molecule has 0 radical (unpaired) electrons. The van der Waals surface area contributed by atoms with Gasteiger partial charge in [-0.2, -0.15) is 0 Å². The van der Waals surface area contributed by atoms with Crippen LogP contribution in [0.4, 0.5) is 0 Å². The first-order chi connectivity index (χ1) is 10.6. The zero-order valence-electron chi connectivity index (χ0n) is 12.4. The van der Waals surface area contributed by atoms with Gasteiger partial charge >= 0.3 is 0 Å². The summed E-state index contributed by atoms with van der Waals surface area (Å²) < 4.78 is 11.7. The molecule has 120 valence electrons. The second-order valence-corrected chi connectivity index (χ2v) is 6.15. The first-order valence-electron chi connectivity index (χ1n) is 7.22. The van der Waals surface area contributed by atoms with Crippen LogP contribution in [0.3, 0.4) is 0 Å². The van der Waals surface area contributed by atoms with Crippen molar-refractivity contribution >= 4 is 39.2 Å². The van der Waals surface area contributed by atoms with Crippen LogP contribution in [0.5, 0.6) is 5.75 Å². The molecular weight excluding hydrogens is 368 g/mol. The summed E-state index contributed by atoms with van der Waals surface area (Å²) in [6, 6.07) is 5.37. The number of benzene rings is 1. The number of amides is 1. The molecule has 0 aliphatic carbocycles. The molecular formula is C15H19BrN2O3S. The highest BCUT2D eigenvalue weighted by atomic mass is 79.9. The minimum absolute atomic E-state index is 0.260. The fourth-order valence-electron chi connectivity index (χ4n) is 2.03. The van der Waals surface area contributed by atoms with Gasteiger partial charge in [-0.05, 0) is 36.8 Å². The molecule has 1 aliphatic heterocycles. The number of hydrogen-bond donors (Lipinski definition) is 1. The number of carbonyl (C=O) groups excluding carboxylic acids is 1. The topological polar surface area (TPSA) is 50.8 Å². The van der Waals surface area contributed by atoms with Gasteiger partial charge in [-0.15, -0.1) is 0 Å². The summed E-state index contributed by atoms with van der Waals surface area (Å²) in [4.78, 5) is 14.4. The van der Waals surface area contributed by atoms with Crippen molar-refractivity contribution in [3.63, 3.8) is 0 Å². The lowest BCUT2D eigenvalue weighted by Gasteiger charge is -2.29. The lowest BCUT2D eigenvalue weighted by atomic mass is 10.2. The average molecular weight is 387 g/mol. The maximum absolute atomic E-state index is 12.5. The van der Waals surface area contributed by atoms with E-state index >= 15 is 0 Å². The zero-order valence-corrected chi connectivity index (χ0v) is 14.8. The average Bonchev–Trinajstić information content (AvgIpc) is 2.54. The van der Waals surface area contributed by atoms with Crippen LogP contribution in [0.2, 0.25) is 0 Å². The monoisotopic (exact) mass is 386 g/mol. The molecule has 1 N–H and O–H groups in total. The van der Waals surface area contributed by atoms with Crippen LogP contribution in [0, 0.1) is 0 Å². The van der Waals surface area contributed by atoms with Crippen molar-refractivity contribution in [3.05, 3.63) is 28.2 Å². The minimum atomic E-state index is -0.260. The molecule has 1 aromatic rings. The molecule has 0 saturated carbocycles. The molecule has 5 nitrogen and oxygen atoms in total. The third kappa shape index (κ3) is 4.66. The number of morpholine rings is 1. The first kappa shape index (κ1) is 17.2. The predicted molar refractivity (Wildman–Crippen MR) is 92.4 cm³/mol. The smallest absolute Gasteiger partial charge is 0.261 e. The third-order valence-corrected chi connectivity index (χ3v) is 4.02. The molecule has 0 aromatic heterocycles. The summed E-state index contributed by atoms with van der Waals surface area (Å²) in [5.41, 5.74) is 0.471. The van der Waals surface area contributed by atoms with Gasteiger partial charge in [0.05, 0.1) is 25.4 Å². The highest BCUT2D eigenvalue weighted by Gasteiger charge is 2.19. The van der Waals surface area contributed by atoms with E-state index in [0.29, 0.717) is 49.3 Å². The van der Waals surface area contributed by atoms with E-state index < -0.39 is 0 Å². The minimum Gasteiger partial charge on any atom is -0.493 e. The van der Waals surface area contributed by atoms with Gasteiger partial charge in [0.25, 0.3) is 5.91 Å². The second kappa shape index (κ2) is 8.45. The lowest BCUT2D eigenvalue weighted by Crippen LogP contribution is -2.47. The Balaban J connectivity index is 2.07. The van der Waals surface area contributed by atoms with E-state index in [1.807, 2.05) is 17.9 Å². The quantitative estimate of drug-likeness (QED) is 0.805. The van der Waals surface area contributed by atoms with E-state index in [2.05, 4.69) is 21.2 Å². The van der Waals surface area contributed by atoms with Crippen molar-refractivity contribution in [3.8, 4) is 5.75 Å². The van der Waals surface area contributed by atoms with Crippen LogP contribution in [0.1, 0.15) is 23.7 Å². The van der Waals surface area contributed by atoms with Crippen molar-refractivity contribution in [1.29, 1.82) is 0 Å². The molecule has 2 rings (SSSR count). The fourth-order valence-corrected chi connectivity index (χ4v) is 2.66. The number of nitrogens with one attached hydrogen (secondary N) is 1. The van der Waals surface area contributed by atoms with E-state index in [-0.39, 0.29) is 5.91 Å². The summed E-state index contributed by atoms with van der Waals surface area (Å²) >= 11 is 8.68. The van der Waals surface area contributed by atoms with Crippen molar-refractivity contribution in [2.75, 3.05) is 32.9 Å². The van der Waals surface area contributed by atoms with E-state index in [1.165, 1.54) is 0 Å². The molecule has 7 heteroatoms. The second-order valence-electron chi connectivity index (χ2n) is 4.85. The molecule has 1 saturated heterocycles. The molecule has 0 bridgehead atoms. The Hall–Kier alpha value is -1.18. The Morgan fingerprint density at radius 3 is 2.86 bits per heavy atom. The Morgan fingerprint density at radius 1 is 1.45 bits per heavy atom. The van der Waals surface area contributed by atoms with E-state index in [0.717, 1.165) is 10.9 Å². The van der Waals surface area contributed by atoms with Gasteiger partial charge in [0, 0.05) is 17.6 Å². The SMILES string of the molecule is CCCOc1ccc(Br)cc1C(=O)NC(=S)N1CCOCC1. The predicted octanol–water partition coefficient (Wildman–Crippen LogP) is 2.58. The summed E-state index contributed by atoms with van der Waals surface area (Å²) in [5, 5.41) is 3.20. The highest BCUT2D eigenvalue weighted by molar-refractivity contribution is 9.10. The van der Waals surface area contributed by atoms with Gasteiger partial charge in [-0.3, -0.25) is 10.1 Å². The molecule has 1 amide bonds. The number of rotatable bonds is 4. The molecule has 1 aromatic carbocycles. The van der Waals surface area contributed by atoms with Crippen molar-refractivity contribution < 1.29 is 14.3 Å². The molecule has 1 heterocycles. The maximum Gasteiger partial charge on any atom is 0.261 e. The summed E-state index contributed by atoms with van der Waals surface area (Å²) in [6.45, 7) is 5.21. The first-order valence-corrected chi connectivity index (χ1v) is 8.42. The van der Waals surface area contributed by atoms with Crippen LogP contribution < -0.4 is 10.1 Å². The Bertz CT molecular complexity index is 548. The van der Waals surface area contributed by atoms with Gasteiger partial charge in [-0.1, -0.05) is 22.9 Å². The molecule has 22 heavy (non-hydrogen) atoms. The Labute approximate surface area is 144 Å². The molecule has 0 unspecified atom stereocenters. The highest BCUT2D eigenvalue weighted by Crippen LogP contribution is 2.23. The molecule has 1 fully saturated rings. The van der Waals surface area contributed by atoms with E-state index in [1.54, 1.807) is 12.1 Å². The number of thiocarbonyl (C=S) groups is 1. The number of carbonyl (C=O) groups is 1.